The summed E-state index contributed by atoms with van der Waals surface area (Å²) in [4.78, 5) is 12.4. The molecule has 86 valence electrons. The maximum atomic E-state index is 11.1. The fourth-order valence-electron chi connectivity index (χ4n) is 2.11. The van der Waals surface area contributed by atoms with Gasteiger partial charge in [0, 0.05) is 22.9 Å². The van der Waals surface area contributed by atoms with Crippen molar-refractivity contribution in [2.24, 2.45) is 0 Å². The highest BCUT2D eigenvalue weighted by Gasteiger charge is 2.18. The molecule has 0 amide bonds. The van der Waals surface area contributed by atoms with E-state index in [1.807, 2.05) is 22.8 Å². The molecule has 4 heteroatoms. The van der Waals surface area contributed by atoms with Crippen molar-refractivity contribution in [2.75, 3.05) is 0 Å². The molecule has 1 aromatic carbocycles. The van der Waals surface area contributed by atoms with Crippen LogP contribution < -0.4 is 0 Å². The Morgan fingerprint density at radius 2 is 2.06 bits per heavy atom. The van der Waals surface area contributed by atoms with Crippen molar-refractivity contribution in [3.8, 4) is 0 Å². The van der Waals surface area contributed by atoms with Crippen LogP contribution in [0, 0.1) is 0 Å². The fraction of sp³-hybridized carbons (Fsp3) is 0.154. The van der Waals surface area contributed by atoms with E-state index in [1.165, 1.54) is 10.5 Å². The fourth-order valence-corrected chi connectivity index (χ4v) is 3.15. The number of carboxylic acids is 1. The minimum Gasteiger partial charge on any atom is -0.477 e. The molecule has 3 rings (SSSR count). The molecule has 0 spiro atoms. The summed E-state index contributed by atoms with van der Waals surface area (Å²) in [6.45, 7) is 0.646. The standard InChI is InChI=1S/C13H11NO2S/c15-13(16)11-6-5-10-8-17-12-4-2-1-3-9(12)7-14(10)11/h1-6H,7-8H2,(H,15,16). The quantitative estimate of drug-likeness (QED) is 0.840. The lowest BCUT2D eigenvalue weighted by Crippen LogP contribution is -2.10. The average molecular weight is 245 g/mol. The van der Waals surface area contributed by atoms with Gasteiger partial charge in [-0.15, -0.1) is 11.8 Å². The number of benzene rings is 1. The number of hydrogen-bond donors (Lipinski definition) is 1. The summed E-state index contributed by atoms with van der Waals surface area (Å²) < 4.78 is 1.89. The van der Waals surface area contributed by atoms with E-state index >= 15 is 0 Å². The van der Waals surface area contributed by atoms with Gasteiger partial charge in [0.2, 0.25) is 0 Å². The average Bonchev–Trinajstić information content (AvgIpc) is 2.63. The molecule has 3 nitrogen and oxygen atoms in total. The van der Waals surface area contributed by atoms with Crippen LogP contribution in [-0.4, -0.2) is 15.6 Å². The van der Waals surface area contributed by atoms with Crippen molar-refractivity contribution in [3.05, 3.63) is 53.3 Å². The minimum atomic E-state index is -0.861. The van der Waals surface area contributed by atoms with Gasteiger partial charge < -0.3 is 9.67 Å². The molecule has 2 heterocycles. The summed E-state index contributed by atoms with van der Waals surface area (Å²) in [5.74, 6) is -0.0368. The van der Waals surface area contributed by atoms with Gasteiger partial charge in [0.25, 0.3) is 0 Å². The number of nitrogens with zero attached hydrogens (tertiary/aromatic N) is 1. The normalized spacial score (nSPS) is 13.6. The highest BCUT2D eigenvalue weighted by molar-refractivity contribution is 7.98. The van der Waals surface area contributed by atoms with Crippen LogP contribution in [0.5, 0.6) is 0 Å². The third kappa shape index (κ3) is 1.74. The Balaban J connectivity index is 2.11. The summed E-state index contributed by atoms with van der Waals surface area (Å²) in [5, 5.41) is 9.14. The van der Waals surface area contributed by atoms with E-state index in [4.69, 9.17) is 5.11 Å². The van der Waals surface area contributed by atoms with Crippen LogP contribution >= 0.6 is 11.8 Å². The highest BCUT2D eigenvalue weighted by Crippen LogP contribution is 2.31. The molecule has 1 N–H and O–H groups in total. The third-order valence-corrected chi connectivity index (χ3v) is 4.12. The van der Waals surface area contributed by atoms with E-state index in [9.17, 15) is 4.79 Å². The van der Waals surface area contributed by atoms with Gasteiger partial charge in [0.1, 0.15) is 5.69 Å². The van der Waals surface area contributed by atoms with Gasteiger partial charge in [-0.2, -0.15) is 0 Å². The maximum Gasteiger partial charge on any atom is 0.352 e. The number of hydrogen-bond acceptors (Lipinski definition) is 2. The monoisotopic (exact) mass is 245 g/mol. The number of carboxylic acid groups (broad SMARTS) is 1. The van der Waals surface area contributed by atoms with Crippen LogP contribution in [0.2, 0.25) is 0 Å². The molecule has 1 aliphatic rings. The zero-order valence-electron chi connectivity index (χ0n) is 9.09. The zero-order chi connectivity index (χ0) is 11.8. The van der Waals surface area contributed by atoms with E-state index in [-0.39, 0.29) is 0 Å². The summed E-state index contributed by atoms with van der Waals surface area (Å²) in [6, 6.07) is 11.8. The van der Waals surface area contributed by atoms with Crippen LogP contribution in [-0.2, 0) is 12.3 Å². The Bertz CT molecular complexity index is 589. The van der Waals surface area contributed by atoms with Crippen LogP contribution in [0.4, 0.5) is 0 Å². The molecular formula is C13H11NO2S. The summed E-state index contributed by atoms with van der Waals surface area (Å²) >= 11 is 1.76. The number of fused-ring (bicyclic) bond motifs is 2. The lowest BCUT2D eigenvalue weighted by Gasteiger charge is -2.08. The third-order valence-electron chi connectivity index (χ3n) is 2.97. The number of carbonyl (C=O) groups is 1. The molecule has 17 heavy (non-hydrogen) atoms. The molecular weight excluding hydrogens is 234 g/mol. The summed E-state index contributed by atoms with van der Waals surface area (Å²) in [6.07, 6.45) is 0. The lowest BCUT2D eigenvalue weighted by atomic mass is 10.2. The van der Waals surface area contributed by atoms with Crippen LogP contribution in [0.1, 0.15) is 21.7 Å². The summed E-state index contributed by atoms with van der Waals surface area (Å²) in [7, 11) is 0. The molecule has 0 saturated heterocycles. The Morgan fingerprint density at radius 1 is 1.24 bits per heavy atom. The predicted molar refractivity (Wildman–Crippen MR) is 66.5 cm³/mol. The summed E-state index contributed by atoms with van der Waals surface area (Å²) in [5.41, 5.74) is 2.64. The van der Waals surface area contributed by atoms with Gasteiger partial charge >= 0.3 is 5.97 Å². The topological polar surface area (TPSA) is 42.2 Å². The van der Waals surface area contributed by atoms with Gasteiger partial charge in [-0.25, -0.2) is 4.79 Å². The van der Waals surface area contributed by atoms with Crippen molar-refractivity contribution >= 4 is 17.7 Å². The van der Waals surface area contributed by atoms with E-state index in [2.05, 4.69) is 12.1 Å². The van der Waals surface area contributed by atoms with E-state index in [0.717, 1.165) is 11.4 Å². The molecule has 2 aromatic rings. The Morgan fingerprint density at radius 3 is 2.88 bits per heavy atom. The molecule has 1 aromatic heterocycles. The number of aromatic carboxylic acids is 1. The molecule has 0 radical (unpaired) electrons. The molecule has 0 fully saturated rings. The number of rotatable bonds is 1. The molecule has 0 aliphatic carbocycles. The van der Waals surface area contributed by atoms with Crippen LogP contribution in [0.25, 0.3) is 0 Å². The second-order valence-electron chi connectivity index (χ2n) is 4.00. The first-order valence-electron chi connectivity index (χ1n) is 5.38. The number of thioether (sulfide) groups is 1. The number of aromatic nitrogens is 1. The first-order chi connectivity index (χ1) is 8.25. The molecule has 0 atom stereocenters. The molecule has 0 saturated carbocycles. The highest BCUT2D eigenvalue weighted by atomic mass is 32.2. The Kier molecular flexibility index (Phi) is 2.44. The van der Waals surface area contributed by atoms with Crippen molar-refractivity contribution in [3.63, 3.8) is 0 Å². The van der Waals surface area contributed by atoms with Crippen LogP contribution in [0.3, 0.4) is 0 Å². The largest absolute Gasteiger partial charge is 0.477 e. The molecule has 0 unspecified atom stereocenters. The second kappa shape index (κ2) is 3.96. The second-order valence-corrected chi connectivity index (χ2v) is 5.01. The van der Waals surface area contributed by atoms with E-state index < -0.39 is 5.97 Å². The molecule has 1 aliphatic heterocycles. The first kappa shape index (κ1) is 10.5. The maximum absolute atomic E-state index is 11.1. The van der Waals surface area contributed by atoms with Crippen molar-refractivity contribution < 1.29 is 9.90 Å². The first-order valence-corrected chi connectivity index (χ1v) is 6.36. The van der Waals surface area contributed by atoms with E-state index in [1.54, 1.807) is 17.8 Å². The van der Waals surface area contributed by atoms with Crippen molar-refractivity contribution in [2.45, 2.75) is 17.2 Å². The van der Waals surface area contributed by atoms with Gasteiger partial charge in [-0.1, -0.05) is 18.2 Å². The minimum absolute atomic E-state index is 0.373. The lowest BCUT2D eigenvalue weighted by molar-refractivity contribution is 0.0685. The van der Waals surface area contributed by atoms with Gasteiger partial charge in [-0.3, -0.25) is 0 Å². The molecule has 0 bridgehead atoms. The van der Waals surface area contributed by atoms with Gasteiger partial charge in [0.15, 0.2) is 0 Å². The van der Waals surface area contributed by atoms with Gasteiger partial charge in [-0.05, 0) is 23.8 Å². The SMILES string of the molecule is O=C(O)c1ccc2n1Cc1ccccc1SC2. The van der Waals surface area contributed by atoms with Crippen molar-refractivity contribution in [1.29, 1.82) is 0 Å². The van der Waals surface area contributed by atoms with Crippen molar-refractivity contribution in [1.82, 2.24) is 4.57 Å². The van der Waals surface area contributed by atoms with Crippen LogP contribution in [0.15, 0.2) is 41.3 Å². The smallest absolute Gasteiger partial charge is 0.352 e. The Hall–Kier alpha value is -1.68. The Labute approximate surface area is 103 Å². The zero-order valence-corrected chi connectivity index (χ0v) is 9.91. The van der Waals surface area contributed by atoms with Gasteiger partial charge in [0.05, 0.1) is 0 Å². The van der Waals surface area contributed by atoms with E-state index in [0.29, 0.717) is 12.2 Å². The predicted octanol–water partition coefficient (Wildman–Crippen LogP) is 2.84.